The van der Waals surface area contributed by atoms with Crippen molar-refractivity contribution in [2.24, 2.45) is 7.05 Å². The van der Waals surface area contributed by atoms with Crippen molar-refractivity contribution in [3.63, 3.8) is 0 Å². The summed E-state index contributed by atoms with van der Waals surface area (Å²) in [5, 5.41) is 8.90. The van der Waals surface area contributed by atoms with Gasteiger partial charge >= 0.3 is 17.8 Å². The van der Waals surface area contributed by atoms with Crippen LogP contribution in [0.4, 0.5) is 13.2 Å². The minimum absolute atomic E-state index is 0.0492. The van der Waals surface area contributed by atoms with Crippen LogP contribution in [0.3, 0.4) is 0 Å². The van der Waals surface area contributed by atoms with Crippen LogP contribution in [0.15, 0.2) is 45.7 Å². The summed E-state index contributed by atoms with van der Waals surface area (Å²) in [5.41, 5.74) is -3.91. The molecule has 2 aromatic rings. The van der Waals surface area contributed by atoms with E-state index in [9.17, 15) is 27.6 Å². The lowest BCUT2D eigenvalue weighted by Crippen LogP contribution is -2.40. The summed E-state index contributed by atoms with van der Waals surface area (Å²) in [6.45, 7) is 1.46. The Bertz CT molecular complexity index is 1120. The van der Waals surface area contributed by atoms with Gasteiger partial charge in [-0.15, -0.1) is 0 Å². The van der Waals surface area contributed by atoms with Crippen LogP contribution in [0.1, 0.15) is 12.6 Å². The number of ether oxygens (including phenoxy) is 2. The van der Waals surface area contributed by atoms with E-state index in [0.717, 1.165) is 13.1 Å². The molecule has 0 amide bonds. The van der Waals surface area contributed by atoms with E-state index in [-0.39, 0.29) is 22.2 Å². The molecule has 1 atom stereocenters. The molecule has 0 aliphatic carbocycles. The van der Waals surface area contributed by atoms with Crippen LogP contribution < -0.4 is 16.0 Å². The van der Waals surface area contributed by atoms with Crippen LogP contribution in [-0.2, 0) is 22.8 Å². The molecule has 0 bridgehead atoms. The fourth-order valence-electron chi connectivity index (χ4n) is 2.57. The van der Waals surface area contributed by atoms with E-state index in [1.165, 1.54) is 32.2 Å². The molecule has 1 aromatic carbocycles. The van der Waals surface area contributed by atoms with Crippen molar-refractivity contribution in [3.8, 4) is 11.4 Å². The number of nitrogens with zero attached hydrogens (tertiary/aromatic N) is 2. The maximum Gasteiger partial charge on any atom is 0.431 e. The molecule has 8 nitrogen and oxygen atoms in total. The molecular weight excluding hydrogens is 433 g/mol. The monoisotopic (exact) mass is 448 g/mol. The predicted molar refractivity (Wildman–Crippen MR) is 100 cm³/mol. The van der Waals surface area contributed by atoms with Crippen LogP contribution in [0.5, 0.6) is 5.75 Å². The summed E-state index contributed by atoms with van der Waals surface area (Å²) in [6, 6.07) is 4.00. The Morgan fingerprint density at radius 1 is 1.27 bits per heavy atom. The summed E-state index contributed by atoms with van der Waals surface area (Å²) in [5.74, 6) is -1.38. The molecule has 1 aromatic heterocycles. The largest absolute Gasteiger partial charge is 0.497 e. The lowest BCUT2D eigenvalue weighted by molar-refractivity contribution is -0.144. The Balaban J connectivity index is 2.55. The van der Waals surface area contributed by atoms with Gasteiger partial charge in [0.2, 0.25) is 0 Å². The second kappa shape index (κ2) is 8.66. The van der Waals surface area contributed by atoms with Gasteiger partial charge in [-0.3, -0.25) is 9.36 Å². The Morgan fingerprint density at radius 2 is 1.90 bits per heavy atom. The van der Waals surface area contributed by atoms with E-state index in [0.29, 0.717) is 15.2 Å². The van der Waals surface area contributed by atoms with Gasteiger partial charge in [-0.1, -0.05) is 11.6 Å². The van der Waals surface area contributed by atoms with Crippen LogP contribution in [0.25, 0.3) is 5.69 Å². The zero-order chi connectivity index (χ0) is 22.8. The van der Waals surface area contributed by atoms with Crippen molar-refractivity contribution in [1.82, 2.24) is 9.13 Å². The summed E-state index contributed by atoms with van der Waals surface area (Å²) in [4.78, 5) is 35.5. The number of rotatable bonds is 6. The molecule has 0 spiro atoms. The zero-order valence-electron chi connectivity index (χ0n) is 15.9. The van der Waals surface area contributed by atoms with Gasteiger partial charge in [0.25, 0.3) is 5.56 Å². The average molecular weight is 449 g/mol. The highest BCUT2D eigenvalue weighted by Gasteiger charge is 2.35. The predicted octanol–water partition coefficient (Wildman–Crippen LogP) is 2.59. The van der Waals surface area contributed by atoms with Crippen molar-refractivity contribution in [2.45, 2.75) is 19.2 Å². The smallest absolute Gasteiger partial charge is 0.431 e. The van der Waals surface area contributed by atoms with E-state index in [4.69, 9.17) is 26.2 Å². The lowest BCUT2D eigenvalue weighted by atomic mass is 10.2. The first-order chi connectivity index (χ1) is 13.9. The molecule has 0 aliphatic heterocycles. The van der Waals surface area contributed by atoms with E-state index in [1.54, 1.807) is 0 Å². The van der Waals surface area contributed by atoms with Crippen molar-refractivity contribution in [3.05, 3.63) is 67.7 Å². The minimum atomic E-state index is -4.89. The third-order valence-electron chi connectivity index (χ3n) is 3.99. The Labute approximate surface area is 172 Å². The summed E-state index contributed by atoms with van der Waals surface area (Å²) in [6.07, 6.45) is -5.03. The van der Waals surface area contributed by atoms with Gasteiger partial charge in [0.15, 0.2) is 6.10 Å². The first kappa shape index (κ1) is 23.1. The molecule has 0 fully saturated rings. The first-order valence-corrected chi connectivity index (χ1v) is 8.60. The van der Waals surface area contributed by atoms with Crippen molar-refractivity contribution in [2.75, 3.05) is 7.11 Å². The standard InChI is InChI=1S/C18H16ClF3N2O6/c1-9(12(29-3)7-16(26)27)30-13-6-10(4-5-11(13)19)24-15(25)8-14(18(20,21)22)23(2)17(24)28/h4-9H,1-3H3,(H,26,27)/b12-7-. The second-order valence-electron chi connectivity index (χ2n) is 6.01. The average Bonchev–Trinajstić information content (AvgIpc) is 2.64. The molecule has 1 N–H and O–H groups in total. The summed E-state index contributed by atoms with van der Waals surface area (Å²) in [7, 11) is 2.12. The van der Waals surface area contributed by atoms with Crippen LogP contribution >= 0.6 is 11.6 Å². The van der Waals surface area contributed by atoms with Crippen LogP contribution in [0.2, 0.25) is 5.02 Å². The van der Waals surface area contributed by atoms with Gasteiger partial charge in [-0.25, -0.2) is 14.2 Å². The molecule has 0 saturated carbocycles. The molecule has 1 heterocycles. The maximum atomic E-state index is 13.0. The zero-order valence-corrected chi connectivity index (χ0v) is 16.6. The van der Waals surface area contributed by atoms with Gasteiger partial charge in [-0.05, 0) is 19.1 Å². The number of hydrogen-bond acceptors (Lipinski definition) is 5. The fraction of sp³-hybridized carbons (Fsp3) is 0.278. The molecule has 1 unspecified atom stereocenters. The summed E-state index contributed by atoms with van der Waals surface area (Å²) >= 11 is 6.06. The quantitative estimate of drug-likeness (QED) is 0.538. The normalized spacial score (nSPS) is 13.1. The van der Waals surface area contributed by atoms with E-state index < -0.39 is 35.2 Å². The summed E-state index contributed by atoms with van der Waals surface area (Å²) < 4.78 is 50.3. The third kappa shape index (κ3) is 4.85. The Hall–Kier alpha value is -3.21. The number of alkyl halides is 3. The van der Waals surface area contributed by atoms with Gasteiger partial charge in [-0.2, -0.15) is 13.2 Å². The molecular formula is C18H16ClF3N2O6. The van der Waals surface area contributed by atoms with Crippen molar-refractivity contribution in [1.29, 1.82) is 0 Å². The van der Waals surface area contributed by atoms with Gasteiger partial charge in [0, 0.05) is 19.2 Å². The molecule has 0 radical (unpaired) electrons. The number of carbonyl (C=O) groups is 1. The molecule has 0 saturated heterocycles. The van der Waals surface area contributed by atoms with Crippen molar-refractivity contribution < 1.29 is 32.5 Å². The number of carboxylic acid groups (broad SMARTS) is 1. The molecule has 2 rings (SSSR count). The minimum Gasteiger partial charge on any atom is -0.497 e. The van der Waals surface area contributed by atoms with Crippen molar-refractivity contribution >= 4 is 17.6 Å². The topological polar surface area (TPSA) is 99.8 Å². The lowest BCUT2D eigenvalue weighted by Gasteiger charge is -2.19. The van der Waals surface area contributed by atoms with Crippen LogP contribution in [0, 0.1) is 0 Å². The number of carboxylic acids is 1. The van der Waals surface area contributed by atoms with E-state index in [2.05, 4.69) is 0 Å². The number of hydrogen-bond donors (Lipinski definition) is 1. The molecule has 30 heavy (non-hydrogen) atoms. The second-order valence-corrected chi connectivity index (χ2v) is 6.41. The third-order valence-corrected chi connectivity index (χ3v) is 4.30. The van der Waals surface area contributed by atoms with E-state index >= 15 is 0 Å². The number of halogens is 4. The Kier molecular flexibility index (Phi) is 6.66. The fourth-order valence-corrected chi connectivity index (χ4v) is 2.73. The van der Waals surface area contributed by atoms with Gasteiger partial charge in [0.05, 0.1) is 23.9 Å². The van der Waals surface area contributed by atoms with E-state index in [1.807, 2.05) is 0 Å². The first-order valence-electron chi connectivity index (χ1n) is 8.22. The number of aromatic nitrogens is 2. The highest BCUT2D eigenvalue weighted by atomic mass is 35.5. The Morgan fingerprint density at radius 3 is 2.43 bits per heavy atom. The van der Waals surface area contributed by atoms with Gasteiger partial charge < -0.3 is 14.6 Å². The highest BCUT2D eigenvalue weighted by Crippen LogP contribution is 2.29. The molecule has 162 valence electrons. The number of methoxy groups -OCH3 is 1. The maximum absolute atomic E-state index is 13.0. The van der Waals surface area contributed by atoms with Crippen LogP contribution in [-0.4, -0.2) is 33.4 Å². The number of benzene rings is 1. The molecule has 0 aliphatic rings. The SMILES string of the molecule is CO/C(=C\C(=O)O)C(C)Oc1cc(-n2c(=O)cc(C(F)(F)F)n(C)c2=O)ccc1Cl. The highest BCUT2D eigenvalue weighted by molar-refractivity contribution is 6.32. The number of aliphatic carboxylic acids is 1. The van der Waals surface area contributed by atoms with Gasteiger partial charge in [0.1, 0.15) is 17.2 Å². The molecule has 12 heteroatoms.